The van der Waals surface area contributed by atoms with Crippen molar-refractivity contribution in [2.75, 3.05) is 20.1 Å². The van der Waals surface area contributed by atoms with E-state index in [1.54, 1.807) is 0 Å². The summed E-state index contributed by atoms with van der Waals surface area (Å²) in [5.74, 6) is 1.37. The Hall–Kier alpha value is -0.890. The van der Waals surface area contributed by atoms with E-state index < -0.39 is 0 Å². The molecular formula is C13H20N2. The maximum absolute atomic E-state index is 4.62. The Morgan fingerprint density at radius 3 is 2.87 bits per heavy atom. The summed E-state index contributed by atoms with van der Waals surface area (Å²) in [5, 5.41) is 0. The third kappa shape index (κ3) is 2.37. The number of hydrogen-bond donors (Lipinski definition) is 0. The monoisotopic (exact) mass is 204 g/mol. The third-order valence-corrected chi connectivity index (χ3v) is 3.51. The zero-order chi connectivity index (χ0) is 10.8. The second-order valence-electron chi connectivity index (χ2n) is 4.80. The van der Waals surface area contributed by atoms with E-state index in [-0.39, 0.29) is 0 Å². The van der Waals surface area contributed by atoms with Gasteiger partial charge in [0.05, 0.1) is 0 Å². The van der Waals surface area contributed by atoms with Gasteiger partial charge >= 0.3 is 0 Å². The zero-order valence-corrected chi connectivity index (χ0v) is 9.90. The van der Waals surface area contributed by atoms with Gasteiger partial charge in [0, 0.05) is 23.9 Å². The van der Waals surface area contributed by atoms with Crippen LogP contribution in [0.5, 0.6) is 0 Å². The van der Waals surface area contributed by atoms with E-state index in [9.17, 15) is 0 Å². The number of likely N-dealkylation sites (tertiary alicyclic amines) is 1. The summed E-state index contributed by atoms with van der Waals surface area (Å²) < 4.78 is 0. The standard InChI is InChI=1S/C13H20N2/c1-10-5-4-6-13(14-10)11(2)12-7-8-15(3)9-12/h4-6,11-12H,7-9H2,1-3H3. The van der Waals surface area contributed by atoms with Crippen molar-refractivity contribution in [1.29, 1.82) is 0 Å². The lowest BCUT2D eigenvalue weighted by atomic mass is 9.90. The molecule has 0 aromatic carbocycles. The highest BCUT2D eigenvalue weighted by atomic mass is 15.1. The maximum Gasteiger partial charge on any atom is 0.0438 e. The average molecular weight is 204 g/mol. The predicted octanol–water partition coefficient (Wildman–Crippen LogP) is 2.45. The predicted molar refractivity (Wildman–Crippen MR) is 63.0 cm³/mol. The molecule has 0 aliphatic carbocycles. The molecule has 0 saturated carbocycles. The molecule has 1 aromatic heterocycles. The normalized spacial score (nSPS) is 24.3. The third-order valence-electron chi connectivity index (χ3n) is 3.51. The summed E-state index contributed by atoms with van der Waals surface area (Å²) in [7, 11) is 2.20. The second kappa shape index (κ2) is 4.31. The van der Waals surface area contributed by atoms with Crippen LogP contribution < -0.4 is 0 Å². The molecule has 0 N–H and O–H groups in total. The Bertz CT molecular complexity index is 335. The van der Waals surface area contributed by atoms with Crippen LogP contribution in [0, 0.1) is 12.8 Å². The Kier molecular flexibility index (Phi) is 3.06. The van der Waals surface area contributed by atoms with Gasteiger partial charge in [0.2, 0.25) is 0 Å². The van der Waals surface area contributed by atoms with Gasteiger partial charge in [-0.05, 0) is 45.0 Å². The van der Waals surface area contributed by atoms with Crippen LogP contribution in [0.4, 0.5) is 0 Å². The van der Waals surface area contributed by atoms with Crippen molar-refractivity contribution in [1.82, 2.24) is 9.88 Å². The maximum atomic E-state index is 4.62. The number of pyridine rings is 1. The van der Waals surface area contributed by atoms with Gasteiger partial charge in [-0.2, -0.15) is 0 Å². The molecule has 1 aliphatic rings. The fourth-order valence-electron chi connectivity index (χ4n) is 2.44. The molecule has 2 rings (SSSR count). The van der Waals surface area contributed by atoms with E-state index in [0.717, 1.165) is 11.6 Å². The van der Waals surface area contributed by atoms with Gasteiger partial charge in [0.1, 0.15) is 0 Å². The molecule has 0 radical (unpaired) electrons. The summed E-state index contributed by atoms with van der Waals surface area (Å²) >= 11 is 0. The molecule has 0 amide bonds. The molecule has 0 bridgehead atoms. The largest absolute Gasteiger partial charge is 0.306 e. The summed E-state index contributed by atoms with van der Waals surface area (Å²) in [6.07, 6.45) is 1.31. The van der Waals surface area contributed by atoms with E-state index in [0.29, 0.717) is 5.92 Å². The summed E-state index contributed by atoms with van der Waals surface area (Å²) in [6, 6.07) is 6.35. The van der Waals surface area contributed by atoms with E-state index in [2.05, 4.69) is 49.0 Å². The minimum atomic E-state index is 0.592. The number of rotatable bonds is 2. The molecule has 2 heterocycles. The first-order valence-corrected chi connectivity index (χ1v) is 5.79. The quantitative estimate of drug-likeness (QED) is 0.735. The Morgan fingerprint density at radius 2 is 2.27 bits per heavy atom. The van der Waals surface area contributed by atoms with Crippen LogP contribution in [0.15, 0.2) is 18.2 Å². The summed E-state index contributed by atoms with van der Waals surface area (Å²) in [4.78, 5) is 7.04. The van der Waals surface area contributed by atoms with Gasteiger partial charge in [-0.25, -0.2) is 0 Å². The molecule has 82 valence electrons. The van der Waals surface area contributed by atoms with Crippen LogP contribution in [0.1, 0.15) is 30.7 Å². The van der Waals surface area contributed by atoms with Crippen LogP contribution in [0.25, 0.3) is 0 Å². The molecule has 1 aliphatic heterocycles. The van der Waals surface area contributed by atoms with Gasteiger partial charge in [-0.3, -0.25) is 4.98 Å². The van der Waals surface area contributed by atoms with Gasteiger partial charge in [-0.1, -0.05) is 13.0 Å². The lowest BCUT2D eigenvalue weighted by Gasteiger charge is -2.18. The summed E-state index contributed by atoms with van der Waals surface area (Å²) in [6.45, 7) is 6.83. The number of aryl methyl sites for hydroxylation is 1. The van der Waals surface area contributed by atoms with E-state index >= 15 is 0 Å². The summed E-state index contributed by atoms with van der Waals surface area (Å²) in [5.41, 5.74) is 2.39. The van der Waals surface area contributed by atoms with Crippen LogP contribution in [-0.2, 0) is 0 Å². The fraction of sp³-hybridized carbons (Fsp3) is 0.615. The van der Waals surface area contributed by atoms with E-state index in [1.165, 1.54) is 25.2 Å². The highest BCUT2D eigenvalue weighted by Gasteiger charge is 2.26. The lowest BCUT2D eigenvalue weighted by molar-refractivity contribution is 0.375. The molecule has 2 nitrogen and oxygen atoms in total. The first-order valence-electron chi connectivity index (χ1n) is 5.79. The van der Waals surface area contributed by atoms with Crippen molar-refractivity contribution in [3.63, 3.8) is 0 Å². The molecule has 2 atom stereocenters. The first kappa shape index (κ1) is 10.6. The fourth-order valence-corrected chi connectivity index (χ4v) is 2.44. The first-order chi connectivity index (χ1) is 7.16. The second-order valence-corrected chi connectivity index (χ2v) is 4.80. The van der Waals surface area contributed by atoms with Gasteiger partial charge in [-0.15, -0.1) is 0 Å². The Labute approximate surface area is 92.3 Å². The van der Waals surface area contributed by atoms with E-state index in [1.807, 2.05) is 0 Å². The van der Waals surface area contributed by atoms with Crippen molar-refractivity contribution in [2.24, 2.45) is 5.92 Å². The minimum absolute atomic E-state index is 0.592. The van der Waals surface area contributed by atoms with Crippen molar-refractivity contribution in [2.45, 2.75) is 26.2 Å². The van der Waals surface area contributed by atoms with Crippen LogP contribution >= 0.6 is 0 Å². The lowest BCUT2D eigenvalue weighted by Crippen LogP contribution is -2.17. The Morgan fingerprint density at radius 1 is 1.47 bits per heavy atom. The smallest absolute Gasteiger partial charge is 0.0438 e. The van der Waals surface area contributed by atoms with Gasteiger partial charge < -0.3 is 4.90 Å². The number of aromatic nitrogens is 1. The average Bonchev–Trinajstić information content (AvgIpc) is 2.64. The molecule has 1 aromatic rings. The topological polar surface area (TPSA) is 16.1 Å². The van der Waals surface area contributed by atoms with Crippen molar-refractivity contribution in [3.05, 3.63) is 29.6 Å². The van der Waals surface area contributed by atoms with Gasteiger partial charge in [0.25, 0.3) is 0 Å². The SMILES string of the molecule is Cc1cccc(C(C)C2CCN(C)C2)n1. The van der Waals surface area contributed by atoms with Crippen LogP contribution in [-0.4, -0.2) is 30.0 Å². The number of hydrogen-bond acceptors (Lipinski definition) is 2. The molecule has 1 saturated heterocycles. The van der Waals surface area contributed by atoms with Gasteiger partial charge in [0.15, 0.2) is 0 Å². The molecular weight excluding hydrogens is 184 g/mol. The highest BCUT2D eigenvalue weighted by molar-refractivity contribution is 5.14. The highest BCUT2D eigenvalue weighted by Crippen LogP contribution is 2.29. The van der Waals surface area contributed by atoms with Crippen molar-refractivity contribution < 1.29 is 0 Å². The molecule has 1 fully saturated rings. The van der Waals surface area contributed by atoms with Crippen molar-refractivity contribution in [3.8, 4) is 0 Å². The van der Waals surface area contributed by atoms with Crippen LogP contribution in [0.3, 0.4) is 0 Å². The molecule has 2 heteroatoms. The van der Waals surface area contributed by atoms with E-state index in [4.69, 9.17) is 0 Å². The molecule has 0 spiro atoms. The molecule has 15 heavy (non-hydrogen) atoms. The van der Waals surface area contributed by atoms with Crippen LogP contribution in [0.2, 0.25) is 0 Å². The van der Waals surface area contributed by atoms with Crippen molar-refractivity contribution >= 4 is 0 Å². The minimum Gasteiger partial charge on any atom is -0.306 e. The zero-order valence-electron chi connectivity index (χ0n) is 9.90. The Balaban J connectivity index is 2.10. The number of nitrogens with zero attached hydrogens (tertiary/aromatic N) is 2. The molecule has 2 unspecified atom stereocenters.